The number of benzene rings is 4. The van der Waals surface area contributed by atoms with E-state index >= 15 is 0 Å². The van der Waals surface area contributed by atoms with Crippen molar-refractivity contribution in [1.82, 2.24) is 9.80 Å². The van der Waals surface area contributed by atoms with Crippen LogP contribution in [0.15, 0.2) is 72.8 Å². The number of ether oxygens (including phenoxy) is 4. The predicted molar refractivity (Wildman–Crippen MR) is 173 cm³/mol. The Labute approximate surface area is 259 Å². The first-order valence-corrected chi connectivity index (χ1v) is 15.3. The van der Waals surface area contributed by atoms with Crippen molar-refractivity contribution in [3.05, 3.63) is 83.9 Å². The Hall–Kier alpha value is -4.14. The fourth-order valence-corrected chi connectivity index (χ4v) is 5.59. The third-order valence-electron chi connectivity index (χ3n) is 8.62. The average Bonchev–Trinajstić information content (AvgIpc) is 3.07. The summed E-state index contributed by atoms with van der Waals surface area (Å²) in [5, 5.41) is 4.28. The van der Waals surface area contributed by atoms with Gasteiger partial charge in [0.2, 0.25) is 0 Å². The Morgan fingerprint density at radius 3 is 1.34 bits per heavy atom. The molecule has 0 radical (unpaired) electrons. The molecule has 8 heteroatoms. The van der Waals surface area contributed by atoms with Gasteiger partial charge in [0.25, 0.3) is 0 Å². The lowest BCUT2D eigenvalue weighted by Gasteiger charge is -2.34. The van der Waals surface area contributed by atoms with Crippen LogP contribution in [0.5, 0.6) is 11.5 Å². The molecule has 5 rings (SSSR count). The molecule has 1 fully saturated rings. The summed E-state index contributed by atoms with van der Waals surface area (Å²) in [4.78, 5) is 30.1. The molecule has 0 amide bonds. The molecule has 1 saturated heterocycles. The van der Waals surface area contributed by atoms with Crippen molar-refractivity contribution in [2.75, 3.05) is 66.7 Å². The van der Waals surface area contributed by atoms with Gasteiger partial charge in [-0.3, -0.25) is 19.4 Å². The molecule has 1 heterocycles. The van der Waals surface area contributed by atoms with Gasteiger partial charge in [0.15, 0.2) is 0 Å². The van der Waals surface area contributed by atoms with Crippen molar-refractivity contribution in [2.24, 2.45) is 0 Å². The molecule has 1 aliphatic rings. The largest absolute Gasteiger partial charge is 0.497 e. The molecule has 4 aromatic carbocycles. The molecule has 0 spiro atoms. The van der Waals surface area contributed by atoms with Crippen molar-refractivity contribution in [1.29, 1.82) is 0 Å². The van der Waals surface area contributed by atoms with Crippen LogP contribution in [0.1, 0.15) is 36.8 Å². The number of hydrogen-bond acceptors (Lipinski definition) is 8. The molecule has 44 heavy (non-hydrogen) atoms. The Kier molecular flexibility index (Phi) is 10.4. The zero-order valence-electron chi connectivity index (χ0n) is 26.1. The smallest absolute Gasteiger partial charge is 0.313 e. The molecule has 4 aromatic rings. The van der Waals surface area contributed by atoms with Crippen molar-refractivity contribution >= 4 is 33.5 Å². The molecule has 0 saturated carbocycles. The third-order valence-corrected chi connectivity index (χ3v) is 8.62. The molecular formula is C36H42N2O6. The van der Waals surface area contributed by atoms with E-state index in [4.69, 9.17) is 18.9 Å². The first-order chi connectivity index (χ1) is 21.3. The molecule has 0 unspecified atom stereocenters. The second-order valence-electron chi connectivity index (χ2n) is 11.4. The van der Waals surface area contributed by atoms with E-state index in [9.17, 15) is 9.59 Å². The van der Waals surface area contributed by atoms with Crippen LogP contribution in [0.25, 0.3) is 21.5 Å². The number of carbonyl (C=O) groups is 2. The quantitative estimate of drug-likeness (QED) is 0.195. The maximum absolute atomic E-state index is 12.8. The summed E-state index contributed by atoms with van der Waals surface area (Å²) in [5.74, 6) is 0.523. The Morgan fingerprint density at radius 1 is 0.591 bits per heavy atom. The number of fused-ring (bicyclic) bond motifs is 2. The number of hydrogen-bond donors (Lipinski definition) is 0. The lowest BCUT2D eigenvalue weighted by Crippen LogP contribution is -2.48. The lowest BCUT2D eigenvalue weighted by molar-refractivity contribution is -0.147. The van der Waals surface area contributed by atoms with Crippen LogP contribution >= 0.6 is 0 Å². The number of methoxy groups -OCH3 is 2. The summed E-state index contributed by atoms with van der Waals surface area (Å²) in [5.41, 5.74) is 1.88. The second kappa shape index (κ2) is 14.6. The van der Waals surface area contributed by atoms with Gasteiger partial charge in [-0.15, -0.1) is 0 Å². The highest BCUT2D eigenvalue weighted by molar-refractivity contribution is 5.88. The molecule has 2 atom stereocenters. The normalized spacial score (nSPS) is 15.5. The van der Waals surface area contributed by atoms with Crippen LogP contribution in [0.2, 0.25) is 0 Å². The van der Waals surface area contributed by atoms with E-state index in [0.29, 0.717) is 26.3 Å². The van der Waals surface area contributed by atoms with E-state index in [1.165, 1.54) is 0 Å². The van der Waals surface area contributed by atoms with Gasteiger partial charge in [0, 0.05) is 39.3 Å². The zero-order chi connectivity index (χ0) is 31.1. The maximum atomic E-state index is 12.8. The minimum absolute atomic E-state index is 0.212. The van der Waals surface area contributed by atoms with E-state index in [-0.39, 0.29) is 23.8 Å². The van der Waals surface area contributed by atoms with E-state index in [1.807, 2.05) is 86.6 Å². The molecule has 0 aromatic heterocycles. The van der Waals surface area contributed by atoms with Crippen LogP contribution in [-0.4, -0.2) is 88.4 Å². The van der Waals surface area contributed by atoms with Crippen LogP contribution in [0.4, 0.5) is 0 Å². The highest BCUT2D eigenvalue weighted by Crippen LogP contribution is 2.27. The fraction of sp³-hybridized carbons (Fsp3) is 0.389. The van der Waals surface area contributed by atoms with Crippen molar-refractivity contribution in [3.8, 4) is 11.5 Å². The highest BCUT2D eigenvalue weighted by Gasteiger charge is 2.21. The minimum Gasteiger partial charge on any atom is -0.497 e. The SMILES string of the molecule is COc1ccc2cc([C@H](C)C(=O)OCCN3CCN(CCOC(=O)[C@@H](C)c4ccc5cc(OC)ccc5c4)CC3)ccc2c1. The van der Waals surface area contributed by atoms with Crippen LogP contribution in [-0.2, 0) is 19.1 Å². The predicted octanol–water partition coefficient (Wildman–Crippen LogP) is 5.62. The van der Waals surface area contributed by atoms with Crippen molar-refractivity contribution in [2.45, 2.75) is 25.7 Å². The number of piperazine rings is 1. The summed E-state index contributed by atoms with van der Waals surface area (Å²) in [6.07, 6.45) is 0. The monoisotopic (exact) mass is 598 g/mol. The first-order valence-electron chi connectivity index (χ1n) is 15.3. The number of rotatable bonds is 12. The van der Waals surface area contributed by atoms with E-state index < -0.39 is 0 Å². The molecule has 1 aliphatic heterocycles. The molecule has 8 nitrogen and oxygen atoms in total. The van der Waals surface area contributed by atoms with Crippen molar-refractivity contribution in [3.63, 3.8) is 0 Å². The Bertz CT molecular complexity index is 1480. The summed E-state index contributed by atoms with van der Waals surface area (Å²) in [6, 6.07) is 23.9. The standard InChI is InChI=1S/C36H42N2O6/c1-25(27-5-7-31-23-33(41-3)11-9-29(31)21-27)35(39)43-19-17-37-13-15-38(16-14-37)18-20-44-36(40)26(2)28-6-8-32-24-34(42-4)12-10-30(32)22-28/h5-12,21-26H,13-20H2,1-4H3/t25-,26-/m0/s1. The Morgan fingerprint density at radius 2 is 0.955 bits per heavy atom. The Balaban J connectivity index is 0.990. The summed E-state index contributed by atoms with van der Waals surface area (Å²) < 4.78 is 21.9. The highest BCUT2D eigenvalue weighted by atomic mass is 16.5. The van der Waals surface area contributed by atoms with Gasteiger partial charge in [0.1, 0.15) is 24.7 Å². The minimum atomic E-state index is -0.339. The van der Waals surface area contributed by atoms with Crippen LogP contribution in [0, 0.1) is 0 Å². The van der Waals surface area contributed by atoms with Gasteiger partial charge >= 0.3 is 11.9 Å². The van der Waals surface area contributed by atoms with Gasteiger partial charge in [-0.05, 0) is 70.8 Å². The number of carbonyl (C=O) groups excluding carboxylic acids is 2. The summed E-state index contributed by atoms with van der Waals surface area (Å²) >= 11 is 0. The molecule has 0 N–H and O–H groups in total. The van der Waals surface area contributed by atoms with E-state index in [1.54, 1.807) is 14.2 Å². The number of nitrogens with zero attached hydrogens (tertiary/aromatic N) is 2. The van der Waals surface area contributed by atoms with Gasteiger partial charge in [0.05, 0.1) is 26.1 Å². The fourth-order valence-electron chi connectivity index (χ4n) is 5.59. The second-order valence-corrected chi connectivity index (χ2v) is 11.4. The summed E-state index contributed by atoms with van der Waals surface area (Å²) in [6.45, 7) is 9.45. The van der Waals surface area contributed by atoms with E-state index in [0.717, 1.165) is 70.3 Å². The van der Waals surface area contributed by atoms with Gasteiger partial charge in [-0.25, -0.2) is 0 Å². The van der Waals surface area contributed by atoms with Crippen LogP contribution in [0.3, 0.4) is 0 Å². The van der Waals surface area contributed by atoms with Crippen LogP contribution < -0.4 is 9.47 Å². The van der Waals surface area contributed by atoms with Gasteiger partial charge < -0.3 is 18.9 Å². The zero-order valence-corrected chi connectivity index (χ0v) is 26.1. The summed E-state index contributed by atoms with van der Waals surface area (Å²) in [7, 11) is 3.31. The average molecular weight is 599 g/mol. The molecule has 0 aliphatic carbocycles. The first kappa shape index (κ1) is 31.3. The lowest BCUT2D eigenvalue weighted by atomic mass is 9.98. The van der Waals surface area contributed by atoms with E-state index in [2.05, 4.69) is 9.80 Å². The molecule has 232 valence electrons. The molecular weight excluding hydrogens is 556 g/mol. The van der Waals surface area contributed by atoms with Gasteiger partial charge in [-0.2, -0.15) is 0 Å². The topological polar surface area (TPSA) is 77.5 Å². The molecule has 0 bridgehead atoms. The van der Waals surface area contributed by atoms with Crippen molar-refractivity contribution < 1.29 is 28.5 Å². The number of esters is 2. The third kappa shape index (κ3) is 7.68. The maximum Gasteiger partial charge on any atom is 0.313 e. The van der Waals surface area contributed by atoms with Gasteiger partial charge in [-0.1, -0.05) is 48.5 Å².